The maximum Gasteiger partial charge on any atom is 0.288 e. The minimum Gasteiger partial charge on any atom is -0.352 e. The summed E-state index contributed by atoms with van der Waals surface area (Å²) in [5, 5.41) is 13.6. The third-order valence-corrected chi connectivity index (χ3v) is 3.38. The first kappa shape index (κ1) is 19.6. The third-order valence-electron chi connectivity index (χ3n) is 3.06. The Bertz CT molecular complexity index is 659. The number of carbonyl (C=O) groups excluding carboxylic acids is 2. The maximum atomic E-state index is 12.2. The molecule has 7 nitrogen and oxygen atoms in total. The van der Waals surface area contributed by atoms with Crippen molar-refractivity contribution in [2.45, 2.75) is 26.8 Å². The molecule has 130 valence electrons. The zero-order chi connectivity index (χ0) is 18.3. The highest BCUT2D eigenvalue weighted by Crippen LogP contribution is 2.25. The number of amides is 2. The topological polar surface area (TPSA) is 92.6 Å². The molecule has 0 aliphatic carbocycles. The fourth-order valence-corrected chi connectivity index (χ4v) is 2.12. The van der Waals surface area contributed by atoms with Crippen LogP contribution in [0.5, 0.6) is 0 Å². The monoisotopic (exact) mass is 353 g/mol. The molecule has 0 saturated carbocycles. The van der Waals surface area contributed by atoms with Gasteiger partial charge in [-0.25, -0.2) is 0 Å². The summed E-state index contributed by atoms with van der Waals surface area (Å²) in [4.78, 5) is 35.5. The van der Waals surface area contributed by atoms with Gasteiger partial charge in [0, 0.05) is 24.7 Å². The van der Waals surface area contributed by atoms with Gasteiger partial charge in [0.15, 0.2) is 0 Å². The highest BCUT2D eigenvalue weighted by molar-refractivity contribution is 6.32. The van der Waals surface area contributed by atoms with E-state index in [1.807, 2.05) is 13.8 Å². The van der Waals surface area contributed by atoms with Gasteiger partial charge in [-0.05, 0) is 38.5 Å². The van der Waals surface area contributed by atoms with Crippen molar-refractivity contribution in [3.63, 3.8) is 0 Å². The largest absolute Gasteiger partial charge is 0.352 e. The van der Waals surface area contributed by atoms with Gasteiger partial charge >= 0.3 is 0 Å². The quantitative estimate of drug-likeness (QED) is 0.463. The van der Waals surface area contributed by atoms with Crippen LogP contribution in [0.3, 0.4) is 0 Å². The molecule has 2 amide bonds. The van der Waals surface area contributed by atoms with Gasteiger partial charge in [0.25, 0.3) is 5.69 Å². The minimum absolute atomic E-state index is 0.00327. The number of nitrogens with one attached hydrogen (secondary N) is 1. The zero-order valence-electron chi connectivity index (χ0n) is 13.8. The number of nitrogens with zero attached hydrogens (tertiary/aromatic N) is 2. The Labute approximate surface area is 145 Å². The Morgan fingerprint density at radius 2 is 2.08 bits per heavy atom. The summed E-state index contributed by atoms with van der Waals surface area (Å²) in [5.74, 6) is -0.593. The third kappa shape index (κ3) is 6.00. The van der Waals surface area contributed by atoms with Gasteiger partial charge in [-0.15, -0.1) is 0 Å². The summed E-state index contributed by atoms with van der Waals surface area (Å²) in [5.41, 5.74) is 0.247. The second-order valence-electron chi connectivity index (χ2n) is 5.38. The van der Waals surface area contributed by atoms with Crippen molar-refractivity contribution in [1.82, 2.24) is 10.2 Å². The summed E-state index contributed by atoms with van der Waals surface area (Å²) >= 11 is 5.74. The fourth-order valence-electron chi connectivity index (χ4n) is 1.93. The molecule has 1 rings (SSSR count). The Balaban J connectivity index is 2.81. The molecule has 0 atom stereocenters. The van der Waals surface area contributed by atoms with Crippen molar-refractivity contribution >= 4 is 35.2 Å². The first-order valence-electron chi connectivity index (χ1n) is 7.44. The molecule has 0 aliphatic rings. The van der Waals surface area contributed by atoms with E-state index in [1.54, 1.807) is 13.0 Å². The SMILES string of the molecule is CCN(CC(=O)NC(C)C)C(=O)/C=C/c1ccc(Cl)c([N+](=O)[O-])c1. The van der Waals surface area contributed by atoms with Gasteiger partial charge < -0.3 is 10.2 Å². The van der Waals surface area contributed by atoms with Crippen LogP contribution in [-0.2, 0) is 9.59 Å². The molecular formula is C16H20ClN3O4. The maximum absolute atomic E-state index is 12.2. The van der Waals surface area contributed by atoms with Gasteiger partial charge in [-0.1, -0.05) is 17.7 Å². The van der Waals surface area contributed by atoms with Crippen LogP contribution in [0.25, 0.3) is 6.08 Å². The van der Waals surface area contributed by atoms with Crippen LogP contribution < -0.4 is 5.32 Å². The molecule has 0 saturated heterocycles. The van der Waals surface area contributed by atoms with E-state index in [0.717, 1.165) is 0 Å². The Morgan fingerprint density at radius 3 is 2.62 bits per heavy atom. The Hall–Kier alpha value is -2.41. The number of likely N-dealkylation sites (N-methyl/N-ethyl adjacent to an activating group) is 1. The van der Waals surface area contributed by atoms with Crippen LogP contribution in [0.4, 0.5) is 5.69 Å². The van der Waals surface area contributed by atoms with E-state index in [4.69, 9.17) is 11.6 Å². The molecule has 0 spiro atoms. The lowest BCUT2D eigenvalue weighted by Gasteiger charge is -2.19. The van der Waals surface area contributed by atoms with Crippen LogP contribution in [-0.4, -0.2) is 40.8 Å². The van der Waals surface area contributed by atoms with Crippen molar-refractivity contribution < 1.29 is 14.5 Å². The second-order valence-corrected chi connectivity index (χ2v) is 5.78. The number of benzene rings is 1. The van der Waals surface area contributed by atoms with E-state index in [1.165, 1.54) is 29.2 Å². The van der Waals surface area contributed by atoms with Crippen molar-refractivity contribution in [3.8, 4) is 0 Å². The van der Waals surface area contributed by atoms with Crippen LogP contribution >= 0.6 is 11.6 Å². The molecule has 0 radical (unpaired) electrons. The number of carbonyl (C=O) groups is 2. The van der Waals surface area contributed by atoms with E-state index in [2.05, 4.69) is 5.32 Å². The number of hydrogen-bond acceptors (Lipinski definition) is 4. The average molecular weight is 354 g/mol. The number of nitro benzene ring substituents is 1. The van der Waals surface area contributed by atoms with Crippen molar-refractivity contribution in [3.05, 3.63) is 45.0 Å². The van der Waals surface area contributed by atoms with Gasteiger partial charge in [0.1, 0.15) is 5.02 Å². The van der Waals surface area contributed by atoms with Crippen molar-refractivity contribution in [1.29, 1.82) is 0 Å². The smallest absolute Gasteiger partial charge is 0.288 e. The van der Waals surface area contributed by atoms with Crippen molar-refractivity contribution in [2.75, 3.05) is 13.1 Å². The molecule has 0 aromatic heterocycles. The van der Waals surface area contributed by atoms with E-state index in [0.29, 0.717) is 12.1 Å². The van der Waals surface area contributed by atoms with E-state index in [9.17, 15) is 19.7 Å². The van der Waals surface area contributed by atoms with Crippen LogP contribution in [0.1, 0.15) is 26.3 Å². The lowest BCUT2D eigenvalue weighted by molar-refractivity contribution is -0.384. The van der Waals surface area contributed by atoms with Crippen LogP contribution in [0.15, 0.2) is 24.3 Å². The lowest BCUT2D eigenvalue weighted by Crippen LogP contribution is -2.42. The van der Waals surface area contributed by atoms with E-state index >= 15 is 0 Å². The number of nitro groups is 1. The molecular weight excluding hydrogens is 334 g/mol. The van der Waals surface area contributed by atoms with Crippen LogP contribution in [0, 0.1) is 10.1 Å². The number of rotatable bonds is 7. The summed E-state index contributed by atoms with van der Waals surface area (Å²) < 4.78 is 0. The lowest BCUT2D eigenvalue weighted by atomic mass is 10.2. The molecule has 1 aromatic carbocycles. The zero-order valence-corrected chi connectivity index (χ0v) is 14.5. The standard InChI is InChI=1S/C16H20ClN3O4/c1-4-19(10-15(21)18-11(2)3)16(22)8-6-12-5-7-13(17)14(9-12)20(23)24/h5-9,11H,4,10H2,1-3H3,(H,18,21)/b8-6+. The van der Waals surface area contributed by atoms with E-state index < -0.39 is 4.92 Å². The highest BCUT2D eigenvalue weighted by atomic mass is 35.5. The van der Waals surface area contributed by atoms with Gasteiger partial charge in [0.2, 0.25) is 11.8 Å². The van der Waals surface area contributed by atoms with E-state index in [-0.39, 0.29) is 35.1 Å². The molecule has 1 N–H and O–H groups in total. The Kier molecular flexibility index (Phi) is 7.38. The molecule has 1 aromatic rings. The van der Waals surface area contributed by atoms with Gasteiger partial charge in [-0.3, -0.25) is 19.7 Å². The first-order valence-corrected chi connectivity index (χ1v) is 7.82. The average Bonchev–Trinajstić information content (AvgIpc) is 2.50. The summed E-state index contributed by atoms with van der Waals surface area (Å²) in [6.45, 7) is 5.77. The molecule has 0 unspecified atom stereocenters. The summed E-state index contributed by atoms with van der Waals surface area (Å²) in [6.07, 6.45) is 2.73. The molecule has 0 heterocycles. The first-order chi connectivity index (χ1) is 11.2. The Morgan fingerprint density at radius 1 is 1.42 bits per heavy atom. The molecule has 8 heteroatoms. The predicted molar refractivity (Wildman–Crippen MR) is 92.7 cm³/mol. The minimum atomic E-state index is -0.587. The summed E-state index contributed by atoms with van der Waals surface area (Å²) in [6, 6.07) is 4.25. The molecule has 24 heavy (non-hydrogen) atoms. The fraction of sp³-hybridized carbons (Fsp3) is 0.375. The van der Waals surface area contributed by atoms with Crippen LogP contribution in [0.2, 0.25) is 5.02 Å². The number of hydrogen-bond donors (Lipinski definition) is 1. The molecule has 0 fully saturated rings. The summed E-state index contributed by atoms with van der Waals surface area (Å²) in [7, 11) is 0. The predicted octanol–water partition coefficient (Wildman–Crippen LogP) is 2.63. The normalized spacial score (nSPS) is 10.9. The molecule has 0 bridgehead atoms. The van der Waals surface area contributed by atoms with Gasteiger partial charge in [-0.2, -0.15) is 0 Å². The molecule has 0 aliphatic heterocycles. The highest BCUT2D eigenvalue weighted by Gasteiger charge is 2.15. The second kappa shape index (κ2) is 9.02. The van der Waals surface area contributed by atoms with Crippen molar-refractivity contribution in [2.24, 2.45) is 0 Å². The van der Waals surface area contributed by atoms with Gasteiger partial charge in [0.05, 0.1) is 11.5 Å². The number of halogens is 1.